The average Bonchev–Trinajstić information content (AvgIpc) is 2.31. The van der Waals surface area contributed by atoms with Crippen LogP contribution in [-0.4, -0.2) is 25.5 Å². The third-order valence-corrected chi connectivity index (χ3v) is 4.43. The van der Waals surface area contributed by atoms with Gasteiger partial charge in [-0.15, -0.1) is 0 Å². The molecule has 0 spiro atoms. The second kappa shape index (κ2) is 6.16. The highest BCUT2D eigenvalue weighted by atomic mass is 32.2. The zero-order valence-corrected chi connectivity index (χ0v) is 12.1. The van der Waals surface area contributed by atoms with Gasteiger partial charge in [0.2, 0.25) is 10.0 Å². The summed E-state index contributed by atoms with van der Waals surface area (Å²) in [5.41, 5.74) is 1.84. The quantitative estimate of drug-likeness (QED) is 0.835. The maximum Gasteiger partial charge on any atom is 0.321 e. The number of aliphatic carboxylic acids is 1. The summed E-state index contributed by atoms with van der Waals surface area (Å²) in [6.45, 7) is 5.51. The molecule has 1 aromatic carbocycles. The van der Waals surface area contributed by atoms with Crippen molar-refractivity contribution in [2.45, 2.75) is 44.6 Å². The van der Waals surface area contributed by atoms with Gasteiger partial charge in [-0.2, -0.15) is 4.72 Å². The molecule has 0 saturated heterocycles. The van der Waals surface area contributed by atoms with Gasteiger partial charge in [-0.1, -0.05) is 19.4 Å². The van der Waals surface area contributed by atoms with Gasteiger partial charge < -0.3 is 5.11 Å². The van der Waals surface area contributed by atoms with Crippen LogP contribution in [-0.2, 0) is 14.8 Å². The third kappa shape index (κ3) is 4.04. The molecule has 0 bridgehead atoms. The number of carboxylic acids is 1. The molecular formula is C13H19NO4S. The molecule has 0 fully saturated rings. The van der Waals surface area contributed by atoms with Crippen LogP contribution in [0.4, 0.5) is 0 Å². The first-order valence-corrected chi connectivity index (χ1v) is 7.58. The van der Waals surface area contributed by atoms with Crippen LogP contribution in [0.1, 0.15) is 30.9 Å². The van der Waals surface area contributed by atoms with Gasteiger partial charge in [-0.05, 0) is 43.5 Å². The number of benzene rings is 1. The minimum absolute atomic E-state index is 0.0953. The molecule has 0 heterocycles. The van der Waals surface area contributed by atoms with Crippen molar-refractivity contribution in [1.29, 1.82) is 0 Å². The topological polar surface area (TPSA) is 83.5 Å². The van der Waals surface area contributed by atoms with Crippen LogP contribution in [0.2, 0.25) is 0 Å². The van der Waals surface area contributed by atoms with Gasteiger partial charge >= 0.3 is 5.97 Å². The highest BCUT2D eigenvalue weighted by Crippen LogP contribution is 2.15. The smallest absolute Gasteiger partial charge is 0.321 e. The molecule has 0 radical (unpaired) electrons. The lowest BCUT2D eigenvalue weighted by Gasteiger charge is -2.14. The number of carboxylic acid groups (broad SMARTS) is 1. The van der Waals surface area contributed by atoms with Gasteiger partial charge in [0.05, 0.1) is 4.90 Å². The maximum atomic E-state index is 12.1. The first-order chi connectivity index (χ1) is 8.77. The fraction of sp³-hybridized carbons (Fsp3) is 0.462. The summed E-state index contributed by atoms with van der Waals surface area (Å²) in [6, 6.07) is 3.65. The third-order valence-electron chi connectivity index (χ3n) is 2.96. The Bertz CT molecular complexity index is 566. The molecule has 5 nitrogen and oxygen atoms in total. The Hall–Kier alpha value is -1.40. The predicted molar refractivity (Wildman–Crippen MR) is 72.6 cm³/mol. The molecule has 0 aliphatic heterocycles. The van der Waals surface area contributed by atoms with E-state index in [2.05, 4.69) is 4.72 Å². The fourth-order valence-electron chi connectivity index (χ4n) is 1.66. The zero-order chi connectivity index (χ0) is 14.6. The van der Waals surface area contributed by atoms with Gasteiger partial charge in [0.15, 0.2) is 0 Å². The lowest BCUT2D eigenvalue weighted by Crippen LogP contribution is -2.40. The molecular weight excluding hydrogens is 266 g/mol. The van der Waals surface area contributed by atoms with Crippen molar-refractivity contribution in [2.24, 2.45) is 0 Å². The van der Waals surface area contributed by atoms with Crippen LogP contribution in [0.3, 0.4) is 0 Å². The molecule has 6 heteroatoms. The standard InChI is InChI=1S/C13H19NO4S/c1-4-5-12(13(15)16)14-19(17,18)11-7-6-9(2)10(3)8-11/h6-8,12,14H,4-5H2,1-3H3,(H,15,16). The van der Waals surface area contributed by atoms with Gasteiger partial charge in [0, 0.05) is 0 Å². The molecule has 19 heavy (non-hydrogen) atoms. The monoisotopic (exact) mass is 285 g/mol. The van der Waals surface area contributed by atoms with Crippen molar-refractivity contribution >= 4 is 16.0 Å². The normalized spacial score (nSPS) is 13.2. The minimum atomic E-state index is -3.80. The summed E-state index contributed by atoms with van der Waals surface area (Å²) in [7, 11) is -3.80. The highest BCUT2D eigenvalue weighted by Gasteiger charge is 2.24. The Morgan fingerprint density at radius 1 is 1.32 bits per heavy atom. The summed E-state index contributed by atoms with van der Waals surface area (Å²) >= 11 is 0. The lowest BCUT2D eigenvalue weighted by atomic mass is 10.1. The number of sulfonamides is 1. The fourth-order valence-corrected chi connectivity index (χ4v) is 2.97. The second-order valence-electron chi connectivity index (χ2n) is 4.55. The molecule has 0 aliphatic rings. The molecule has 106 valence electrons. The van der Waals surface area contributed by atoms with E-state index in [1.54, 1.807) is 19.1 Å². The largest absolute Gasteiger partial charge is 0.480 e. The number of rotatable bonds is 6. The van der Waals surface area contributed by atoms with Crippen molar-refractivity contribution in [1.82, 2.24) is 4.72 Å². The van der Waals surface area contributed by atoms with Crippen molar-refractivity contribution in [3.63, 3.8) is 0 Å². The Labute approximate surface area is 113 Å². The molecule has 1 aromatic rings. The first-order valence-electron chi connectivity index (χ1n) is 6.10. The van der Waals surface area contributed by atoms with Crippen LogP contribution < -0.4 is 4.72 Å². The van der Waals surface area contributed by atoms with Crippen LogP contribution in [0.5, 0.6) is 0 Å². The zero-order valence-electron chi connectivity index (χ0n) is 11.3. The van der Waals surface area contributed by atoms with Gasteiger partial charge in [-0.25, -0.2) is 8.42 Å². The van der Waals surface area contributed by atoms with E-state index in [1.807, 2.05) is 13.8 Å². The number of hydrogen-bond donors (Lipinski definition) is 2. The van der Waals surface area contributed by atoms with Crippen molar-refractivity contribution < 1.29 is 18.3 Å². The average molecular weight is 285 g/mol. The van der Waals surface area contributed by atoms with Gasteiger partial charge in [0.25, 0.3) is 0 Å². The van der Waals surface area contributed by atoms with E-state index in [1.165, 1.54) is 6.07 Å². The van der Waals surface area contributed by atoms with Crippen LogP contribution in [0, 0.1) is 13.8 Å². The Kier molecular flexibility index (Phi) is 5.08. The number of aryl methyl sites for hydroxylation is 2. The van der Waals surface area contributed by atoms with Crippen molar-refractivity contribution in [2.75, 3.05) is 0 Å². The van der Waals surface area contributed by atoms with Gasteiger partial charge in [-0.3, -0.25) is 4.79 Å². The van der Waals surface area contributed by atoms with Crippen LogP contribution in [0.25, 0.3) is 0 Å². The van der Waals surface area contributed by atoms with E-state index < -0.39 is 22.0 Å². The maximum absolute atomic E-state index is 12.1. The van der Waals surface area contributed by atoms with E-state index in [0.29, 0.717) is 6.42 Å². The van der Waals surface area contributed by atoms with E-state index in [0.717, 1.165) is 11.1 Å². The Morgan fingerprint density at radius 3 is 2.42 bits per heavy atom. The Balaban J connectivity index is 3.03. The number of hydrogen-bond acceptors (Lipinski definition) is 3. The van der Waals surface area contributed by atoms with Crippen LogP contribution >= 0.6 is 0 Å². The summed E-state index contributed by atoms with van der Waals surface area (Å²) in [4.78, 5) is 11.1. The lowest BCUT2D eigenvalue weighted by molar-refractivity contribution is -0.139. The molecule has 0 aliphatic carbocycles. The number of nitrogens with one attached hydrogen (secondary N) is 1. The molecule has 1 atom stereocenters. The van der Waals surface area contributed by atoms with Crippen molar-refractivity contribution in [3.8, 4) is 0 Å². The van der Waals surface area contributed by atoms with Crippen molar-refractivity contribution in [3.05, 3.63) is 29.3 Å². The van der Waals surface area contributed by atoms with E-state index >= 15 is 0 Å². The molecule has 0 saturated carbocycles. The van der Waals surface area contributed by atoms with E-state index in [-0.39, 0.29) is 11.3 Å². The van der Waals surface area contributed by atoms with E-state index in [4.69, 9.17) is 5.11 Å². The molecule has 0 aromatic heterocycles. The second-order valence-corrected chi connectivity index (χ2v) is 6.26. The predicted octanol–water partition coefficient (Wildman–Crippen LogP) is 1.84. The molecule has 2 N–H and O–H groups in total. The van der Waals surface area contributed by atoms with Gasteiger partial charge in [0.1, 0.15) is 6.04 Å². The molecule has 0 amide bonds. The summed E-state index contributed by atoms with van der Waals surface area (Å²) < 4.78 is 26.5. The molecule has 1 unspecified atom stereocenters. The Morgan fingerprint density at radius 2 is 1.95 bits per heavy atom. The number of carbonyl (C=O) groups is 1. The summed E-state index contributed by atoms with van der Waals surface area (Å²) in [5, 5.41) is 8.99. The van der Waals surface area contributed by atoms with E-state index in [9.17, 15) is 13.2 Å². The minimum Gasteiger partial charge on any atom is -0.480 e. The SMILES string of the molecule is CCCC(NS(=O)(=O)c1ccc(C)c(C)c1)C(=O)O. The first kappa shape index (κ1) is 15.7. The summed E-state index contributed by atoms with van der Waals surface area (Å²) in [5.74, 6) is -1.16. The highest BCUT2D eigenvalue weighted by molar-refractivity contribution is 7.89. The summed E-state index contributed by atoms with van der Waals surface area (Å²) in [6.07, 6.45) is 0.853. The van der Waals surface area contributed by atoms with Crippen LogP contribution in [0.15, 0.2) is 23.1 Å². The molecule has 1 rings (SSSR count).